The summed E-state index contributed by atoms with van der Waals surface area (Å²) in [5.41, 5.74) is 0.445. The van der Waals surface area contributed by atoms with Gasteiger partial charge in [0.1, 0.15) is 0 Å². The summed E-state index contributed by atoms with van der Waals surface area (Å²) in [6.07, 6.45) is 6.78. The lowest BCUT2D eigenvalue weighted by Gasteiger charge is -2.47. The highest BCUT2D eigenvalue weighted by atomic mass is 16.5. The SMILES string of the molecule is C=CC(NCC)C1(OCC)CCC(C)(C)CC1. The lowest BCUT2D eigenvalue weighted by Crippen LogP contribution is -2.54. The molecule has 0 saturated heterocycles. The molecule has 1 aliphatic carbocycles. The van der Waals surface area contributed by atoms with Crippen molar-refractivity contribution in [1.29, 1.82) is 0 Å². The third-order valence-corrected chi connectivity index (χ3v) is 4.11. The normalized spacial score (nSPS) is 24.2. The third-order valence-electron chi connectivity index (χ3n) is 4.11. The molecule has 1 fully saturated rings. The van der Waals surface area contributed by atoms with E-state index < -0.39 is 0 Å². The number of likely N-dealkylation sites (N-methyl/N-ethyl adjacent to an activating group) is 1. The van der Waals surface area contributed by atoms with Gasteiger partial charge in [0, 0.05) is 6.61 Å². The van der Waals surface area contributed by atoms with Gasteiger partial charge in [-0.05, 0) is 44.6 Å². The van der Waals surface area contributed by atoms with Crippen molar-refractivity contribution in [3.05, 3.63) is 12.7 Å². The van der Waals surface area contributed by atoms with Gasteiger partial charge in [-0.1, -0.05) is 26.8 Å². The first-order valence-electron chi connectivity index (χ1n) is 6.99. The summed E-state index contributed by atoms with van der Waals surface area (Å²) in [7, 11) is 0. The van der Waals surface area contributed by atoms with Gasteiger partial charge >= 0.3 is 0 Å². The van der Waals surface area contributed by atoms with Crippen molar-refractivity contribution in [1.82, 2.24) is 5.32 Å². The Morgan fingerprint density at radius 1 is 1.24 bits per heavy atom. The molecule has 2 heteroatoms. The molecule has 0 heterocycles. The van der Waals surface area contributed by atoms with E-state index in [1.807, 2.05) is 6.08 Å². The lowest BCUT2D eigenvalue weighted by atomic mass is 9.68. The number of ether oxygens (including phenoxy) is 1. The molecular formula is C15H29NO. The molecule has 1 rings (SSSR count). The largest absolute Gasteiger partial charge is 0.373 e. The maximum atomic E-state index is 6.14. The van der Waals surface area contributed by atoms with E-state index >= 15 is 0 Å². The Bertz CT molecular complexity index is 237. The molecule has 1 saturated carbocycles. The van der Waals surface area contributed by atoms with Crippen LogP contribution in [-0.2, 0) is 4.74 Å². The van der Waals surface area contributed by atoms with Crippen molar-refractivity contribution >= 4 is 0 Å². The lowest BCUT2D eigenvalue weighted by molar-refractivity contribution is -0.0963. The van der Waals surface area contributed by atoms with Crippen LogP contribution >= 0.6 is 0 Å². The van der Waals surface area contributed by atoms with Crippen LogP contribution in [0.2, 0.25) is 0 Å². The summed E-state index contributed by atoms with van der Waals surface area (Å²) in [4.78, 5) is 0. The summed E-state index contributed by atoms with van der Waals surface area (Å²) in [5, 5.41) is 3.51. The summed E-state index contributed by atoms with van der Waals surface area (Å²) in [6, 6.07) is 0.281. The molecule has 1 atom stereocenters. The van der Waals surface area contributed by atoms with Gasteiger partial charge in [-0.15, -0.1) is 6.58 Å². The average Bonchev–Trinajstić information content (AvgIpc) is 2.30. The fourth-order valence-electron chi connectivity index (χ4n) is 2.89. The summed E-state index contributed by atoms with van der Waals surface area (Å²) < 4.78 is 6.14. The number of hydrogen-bond acceptors (Lipinski definition) is 2. The Morgan fingerprint density at radius 3 is 2.24 bits per heavy atom. The van der Waals surface area contributed by atoms with Crippen LogP contribution in [0.25, 0.3) is 0 Å². The van der Waals surface area contributed by atoms with Crippen LogP contribution in [0.4, 0.5) is 0 Å². The van der Waals surface area contributed by atoms with Gasteiger partial charge in [-0.25, -0.2) is 0 Å². The van der Waals surface area contributed by atoms with Gasteiger partial charge in [0.15, 0.2) is 0 Å². The predicted molar refractivity (Wildman–Crippen MR) is 74.3 cm³/mol. The molecule has 1 aliphatic rings. The monoisotopic (exact) mass is 239 g/mol. The molecule has 0 aromatic rings. The predicted octanol–water partition coefficient (Wildman–Crippen LogP) is 3.53. The molecule has 100 valence electrons. The highest BCUT2D eigenvalue weighted by Crippen LogP contribution is 2.43. The quantitative estimate of drug-likeness (QED) is 0.716. The van der Waals surface area contributed by atoms with Gasteiger partial charge in [-0.3, -0.25) is 0 Å². The summed E-state index contributed by atoms with van der Waals surface area (Å²) in [5.74, 6) is 0. The molecule has 0 radical (unpaired) electrons. The zero-order valence-corrected chi connectivity index (χ0v) is 12.0. The van der Waals surface area contributed by atoms with Crippen LogP contribution in [0, 0.1) is 5.41 Å². The van der Waals surface area contributed by atoms with E-state index in [1.54, 1.807) is 0 Å². The second kappa shape index (κ2) is 6.01. The summed E-state index contributed by atoms with van der Waals surface area (Å²) >= 11 is 0. The van der Waals surface area contributed by atoms with Crippen LogP contribution in [-0.4, -0.2) is 24.8 Å². The van der Waals surface area contributed by atoms with E-state index in [-0.39, 0.29) is 11.6 Å². The van der Waals surface area contributed by atoms with E-state index in [2.05, 4.69) is 39.6 Å². The minimum absolute atomic E-state index is 0.0258. The molecule has 0 amide bonds. The topological polar surface area (TPSA) is 21.3 Å². The van der Waals surface area contributed by atoms with Crippen molar-refractivity contribution in [2.75, 3.05) is 13.2 Å². The Morgan fingerprint density at radius 2 is 1.82 bits per heavy atom. The van der Waals surface area contributed by atoms with E-state index in [1.165, 1.54) is 12.8 Å². The van der Waals surface area contributed by atoms with Crippen LogP contribution < -0.4 is 5.32 Å². The van der Waals surface area contributed by atoms with E-state index in [4.69, 9.17) is 4.74 Å². The van der Waals surface area contributed by atoms with Gasteiger partial charge in [0.05, 0.1) is 11.6 Å². The van der Waals surface area contributed by atoms with Crippen molar-refractivity contribution in [2.45, 2.75) is 65.0 Å². The molecule has 0 aromatic heterocycles. The Balaban J connectivity index is 2.79. The minimum Gasteiger partial charge on any atom is -0.373 e. The van der Waals surface area contributed by atoms with Crippen molar-refractivity contribution < 1.29 is 4.74 Å². The Kier molecular flexibility index (Phi) is 5.21. The number of nitrogens with one attached hydrogen (secondary N) is 1. The van der Waals surface area contributed by atoms with Crippen molar-refractivity contribution in [2.24, 2.45) is 5.41 Å². The van der Waals surface area contributed by atoms with Crippen molar-refractivity contribution in [3.8, 4) is 0 Å². The first kappa shape index (κ1) is 14.7. The van der Waals surface area contributed by atoms with Crippen LogP contribution in [0.1, 0.15) is 53.4 Å². The molecule has 17 heavy (non-hydrogen) atoms. The fourth-order valence-corrected chi connectivity index (χ4v) is 2.89. The average molecular weight is 239 g/mol. The van der Waals surface area contributed by atoms with Crippen LogP contribution in [0.15, 0.2) is 12.7 Å². The molecule has 0 spiro atoms. The first-order valence-corrected chi connectivity index (χ1v) is 6.99. The molecule has 0 aromatic carbocycles. The zero-order chi connectivity index (χ0) is 12.9. The van der Waals surface area contributed by atoms with Crippen LogP contribution in [0.5, 0.6) is 0 Å². The standard InChI is InChI=1S/C15H29NO/c1-6-13(16-7-2)15(17-8-3)11-9-14(4,5)10-12-15/h6,13,16H,1,7-12H2,2-5H3. The second-order valence-corrected chi connectivity index (χ2v) is 5.93. The minimum atomic E-state index is -0.0258. The van der Waals surface area contributed by atoms with Gasteiger partial charge in [-0.2, -0.15) is 0 Å². The van der Waals surface area contributed by atoms with E-state index in [9.17, 15) is 0 Å². The first-order chi connectivity index (χ1) is 7.99. The third kappa shape index (κ3) is 3.56. The zero-order valence-electron chi connectivity index (χ0n) is 12.0. The van der Waals surface area contributed by atoms with Gasteiger partial charge in [0.2, 0.25) is 0 Å². The maximum absolute atomic E-state index is 6.14. The number of rotatable bonds is 6. The smallest absolute Gasteiger partial charge is 0.0870 e. The summed E-state index contributed by atoms with van der Waals surface area (Å²) in [6.45, 7) is 14.7. The molecule has 0 bridgehead atoms. The van der Waals surface area contributed by atoms with E-state index in [0.717, 1.165) is 26.0 Å². The molecule has 1 N–H and O–H groups in total. The Hall–Kier alpha value is -0.340. The fraction of sp³-hybridized carbons (Fsp3) is 0.867. The molecule has 2 nitrogen and oxygen atoms in total. The van der Waals surface area contributed by atoms with Gasteiger partial charge in [0.25, 0.3) is 0 Å². The molecular weight excluding hydrogens is 210 g/mol. The van der Waals surface area contributed by atoms with E-state index in [0.29, 0.717) is 5.41 Å². The molecule has 1 unspecified atom stereocenters. The number of hydrogen-bond donors (Lipinski definition) is 1. The Labute approximate surface area is 107 Å². The highest BCUT2D eigenvalue weighted by molar-refractivity contribution is 5.05. The highest BCUT2D eigenvalue weighted by Gasteiger charge is 2.43. The van der Waals surface area contributed by atoms with Crippen molar-refractivity contribution in [3.63, 3.8) is 0 Å². The van der Waals surface area contributed by atoms with Gasteiger partial charge < -0.3 is 10.1 Å². The molecule has 0 aliphatic heterocycles. The second-order valence-electron chi connectivity index (χ2n) is 5.93. The van der Waals surface area contributed by atoms with Crippen LogP contribution in [0.3, 0.4) is 0 Å². The maximum Gasteiger partial charge on any atom is 0.0870 e.